The largest absolute Gasteiger partial charge is 0.468 e. The minimum absolute atomic E-state index is 0.0770. The molecule has 0 saturated heterocycles. The second-order valence-electron chi connectivity index (χ2n) is 5.46. The van der Waals surface area contributed by atoms with Gasteiger partial charge in [-0.3, -0.25) is 19.1 Å². The number of fused-ring (bicyclic) bond motifs is 1. The van der Waals surface area contributed by atoms with Crippen molar-refractivity contribution in [1.82, 2.24) is 19.8 Å². The molecule has 2 aromatic heterocycles. The standard InChI is InChI=1S/C15H18N4O3S/c1-18(2)11(12-4-3-6-22-12)9-16-13(20)10-8-17-15-19(14(10)21)5-7-23-15/h3-4,6,8,11H,5,7,9H2,1-2H3,(H,16,20)/t11-/m0/s1. The number of nitrogens with zero attached hydrogens (tertiary/aromatic N) is 3. The van der Waals surface area contributed by atoms with E-state index in [-0.39, 0.29) is 17.2 Å². The van der Waals surface area contributed by atoms with Crippen molar-refractivity contribution in [1.29, 1.82) is 0 Å². The quantitative estimate of drug-likeness (QED) is 0.821. The van der Waals surface area contributed by atoms with Gasteiger partial charge >= 0.3 is 0 Å². The van der Waals surface area contributed by atoms with Gasteiger partial charge < -0.3 is 9.73 Å². The number of aromatic nitrogens is 2. The number of nitrogens with one attached hydrogen (secondary N) is 1. The van der Waals surface area contributed by atoms with Gasteiger partial charge in [0, 0.05) is 25.0 Å². The van der Waals surface area contributed by atoms with Crippen LogP contribution in [0.15, 0.2) is 39.0 Å². The first-order chi connectivity index (χ1) is 11.1. The van der Waals surface area contributed by atoms with Crippen LogP contribution in [0.3, 0.4) is 0 Å². The molecular formula is C15H18N4O3S. The summed E-state index contributed by atoms with van der Waals surface area (Å²) >= 11 is 1.52. The fraction of sp³-hybridized carbons (Fsp3) is 0.400. The summed E-state index contributed by atoms with van der Waals surface area (Å²) in [6.45, 7) is 0.939. The van der Waals surface area contributed by atoms with E-state index in [2.05, 4.69) is 10.3 Å². The molecule has 0 aliphatic carbocycles. The van der Waals surface area contributed by atoms with Crippen LogP contribution in [0.2, 0.25) is 0 Å². The third kappa shape index (κ3) is 3.18. The van der Waals surface area contributed by atoms with Crippen LogP contribution in [0.1, 0.15) is 22.2 Å². The van der Waals surface area contributed by atoms with E-state index in [1.54, 1.807) is 10.8 Å². The number of rotatable bonds is 5. The van der Waals surface area contributed by atoms with Crippen molar-refractivity contribution in [2.24, 2.45) is 0 Å². The zero-order chi connectivity index (χ0) is 16.4. The van der Waals surface area contributed by atoms with Gasteiger partial charge in [0.15, 0.2) is 5.16 Å². The lowest BCUT2D eigenvalue weighted by molar-refractivity contribution is 0.0936. The van der Waals surface area contributed by atoms with Crippen LogP contribution in [0.5, 0.6) is 0 Å². The number of amides is 1. The summed E-state index contributed by atoms with van der Waals surface area (Å²) in [5, 5.41) is 3.47. The molecule has 3 heterocycles. The molecule has 23 heavy (non-hydrogen) atoms. The first-order valence-corrected chi connectivity index (χ1v) is 8.27. The molecule has 0 unspecified atom stereocenters. The van der Waals surface area contributed by atoms with E-state index >= 15 is 0 Å². The molecule has 1 amide bonds. The molecule has 8 heteroatoms. The lowest BCUT2D eigenvalue weighted by atomic mass is 10.2. The van der Waals surface area contributed by atoms with Crippen molar-refractivity contribution in [2.45, 2.75) is 17.7 Å². The third-order valence-corrected chi connectivity index (χ3v) is 4.72. The summed E-state index contributed by atoms with van der Waals surface area (Å²) in [6, 6.07) is 3.57. The van der Waals surface area contributed by atoms with Crippen molar-refractivity contribution in [3.8, 4) is 0 Å². The van der Waals surface area contributed by atoms with Gasteiger partial charge in [-0.25, -0.2) is 4.98 Å². The summed E-state index contributed by atoms with van der Waals surface area (Å²) in [4.78, 5) is 30.8. The Morgan fingerprint density at radius 2 is 2.39 bits per heavy atom. The zero-order valence-electron chi connectivity index (χ0n) is 13.0. The topological polar surface area (TPSA) is 80.4 Å². The van der Waals surface area contributed by atoms with E-state index in [1.807, 2.05) is 31.1 Å². The Morgan fingerprint density at radius 1 is 1.57 bits per heavy atom. The number of carbonyl (C=O) groups is 1. The van der Waals surface area contributed by atoms with Crippen LogP contribution in [0, 0.1) is 0 Å². The van der Waals surface area contributed by atoms with Crippen LogP contribution in [0.25, 0.3) is 0 Å². The molecule has 1 aliphatic rings. The van der Waals surface area contributed by atoms with Crippen molar-refractivity contribution in [2.75, 3.05) is 26.4 Å². The molecular weight excluding hydrogens is 316 g/mol. The molecule has 0 aromatic carbocycles. The second kappa shape index (κ2) is 6.59. The smallest absolute Gasteiger partial charge is 0.267 e. The lowest BCUT2D eigenvalue weighted by Crippen LogP contribution is -2.38. The maximum atomic E-state index is 12.3. The van der Waals surface area contributed by atoms with Crippen molar-refractivity contribution in [3.05, 3.63) is 46.3 Å². The molecule has 0 radical (unpaired) electrons. The highest BCUT2D eigenvalue weighted by Crippen LogP contribution is 2.21. The highest BCUT2D eigenvalue weighted by Gasteiger charge is 2.22. The van der Waals surface area contributed by atoms with Crippen LogP contribution < -0.4 is 10.9 Å². The number of likely N-dealkylation sites (N-methyl/N-ethyl adjacent to an activating group) is 1. The molecule has 0 bridgehead atoms. The minimum atomic E-state index is -0.409. The van der Waals surface area contributed by atoms with Crippen molar-refractivity contribution >= 4 is 17.7 Å². The summed E-state index contributed by atoms with van der Waals surface area (Å²) in [5.74, 6) is 1.16. The summed E-state index contributed by atoms with van der Waals surface area (Å²) in [6.07, 6.45) is 2.96. The van der Waals surface area contributed by atoms with Gasteiger partial charge in [0.05, 0.1) is 12.3 Å². The molecule has 3 rings (SSSR count). The molecule has 122 valence electrons. The fourth-order valence-electron chi connectivity index (χ4n) is 2.48. The van der Waals surface area contributed by atoms with Crippen LogP contribution in [-0.2, 0) is 6.54 Å². The molecule has 1 N–H and O–H groups in total. The Balaban J connectivity index is 1.74. The van der Waals surface area contributed by atoms with Gasteiger partial charge in [-0.15, -0.1) is 0 Å². The molecule has 2 aromatic rings. The van der Waals surface area contributed by atoms with Gasteiger partial charge in [-0.1, -0.05) is 11.8 Å². The maximum absolute atomic E-state index is 12.3. The van der Waals surface area contributed by atoms with Crippen LogP contribution >= 0.6 is 11.8 Å². The van der Waals surface area contributed by atoms with Gasteiger partial charge in [0.25, 0.3) is 11.5 Å². The fourth-order valence-corrected chi connectivity index (χ4v) is 3.39. The highest BCUT2D eigenvalue weighted by molar-refractivity contribution is 7.99. The van der Waals surface area contributed by atoms with Gasteiger partial charge in [-0.2, -0.15) is 0 Å². The molecule has 1 aliphatic heterocycles. The Labute approximate surface area is 137 Å². The van der Waals surface area contributed by atoms with Crippen LogP contribution in [0.4, 0.5) is 0 Å². The molecule has 7 nitrogen and oxygen atoms in total. The number of hydrogen-bond acceptors (Lipinski definition) is 6. The van der Waals surface area contributed by atoms with Gasteiger partial charge in [0.2, 0.25) is 0 Å². The Kier molecular flexibility index (Phi) is 4.53. The van der Waals surface area contributed by atoms with Gasteiger partial charge in [-0.05, 0) is 26.2 Å². The predicted molar refractivity (Wildman–Crippen MR) is 86.7 cm³/mol. The van der Waals surface area contributed by atoms with Gasteiger partial charge in [0.1, 0.15) is 11.3 Å². The highest BCUT2D eigenvalue weighted by atomic mass is 32.2. The maximum Gasteiger partial charge on any atom is 0.267 e. The molecule has 1 atom stereocenters. The first kappa shape index (κ1) is 15.8. The Hall–Kier alpha value is -2.06. The van der Waals surface area contributed by atoms with E-state index in [1.165, 1.54) is 18.0 Å². The zero-order valence-corrected chi connectivity index (χ0v) is 13.8. The Morgan fingerprint density at radius 3 is 3.09 bits per heavy atom. The second-order valence-corrected chi connectivity index (χ2v) is 6.53. The molecule has 0 fully saturated rings. The third-order valence-electron chi connectivity index (χ3n) is 3.75. The number of thioether (sulfide) groups is 1. The van der Waals surface area contributed by atoms with Crippen molar-refractivity contribution < 1.29 is 9.21 Å². The van der Waals surface area contributed by atoms with E-state index < -0.39 is 5.91 Å². The van der Waals surface area contributed by atoms with E-state index in [0.717, 1.165) is 11.5 Å². The average Bonchev–Trinajstić information content (AvgIpc) is 3.18. The molecule has 0 spiro atoms. The number of carbonyl (C=O) groups excluding carboxylic acids is 1. The monoisotopic (exact) mass is 334 g/mol. The molecule has 0 saturated carbocycles. The summed E-state index contributed by atoms with van der Waals surface area (Å²) in [5.41, 5.74) is -0.204. The van der Waals surface area contributed by atoms with E-state index in [9.17, 15) is 9.59 Å². The first-order valence-electron chi connectivity index (χ1n) is 7.28. The summed E-state index contributed by atoms with van der Waals surface area (Å²) in [7, 11) is 3.81. The van der Waals surface area contributed by atoms with Crippen LogP contribution in [-0.4, -0.2) is 46.8 Å². The average molecular weight is 334 g/mol. The predicted octanol–water partition coefficient (Wildman–Crippen LogP) is 0.975. The normalized spacial score (nSPS) is 14.7. The van der Waals surface area contributed by atoms with E-state index in [4.69, 9.17) is 4.42 Å². The Bertz CT molecular complexity index is 755. The number of hydrogen-bond donors (Lipinski definition) is 1. The van der Waals surface area contributed by atoms with Crippen molar-refractivity contribution in [3.63, 3.8) is 0 Å². The number of furan rings is 1. The minimum Gasteiger partial charge on any atom is -0.468 e. The van der Waals surface area contributed by atoms with E-state index in [0.29, 0.717) is 18.2 Å². The summed E-state index contributed by atoms with van der Waals surface area (Å²) < 4.78 is 6.96. The lowest BCUT2D eigenvalue weighted by Gasteiger charge is -2.22. The SMILES string of the molecule is CN(C)[C@@H](CNC(=O)c1cnc2n(c1=O)CCS2)c1ccco1.